The minimum atomic E-state index is -1.10. The van der Waals surface area contributed by atoms with Gasteiger partial charge in [-0.2, -0.15) is 0 Å². The minimum Gasteiger partial charge on any atom is -0.480 e. The number of nitrogens with two attached hydrogens (primary N) is 1. The summed E-state index contributed by atoms with van der Waals surface area (Å²) in [4.78, 5) is 90.8. The Morgan fingerprint density at radius 3 is 1.75 bits per heavy atom. The predicted octanol–water partition coefficient (Wildman–Crippen LogP) is 6.46. The Labute approximate surface area is 476 Å². The molecule has 21 heteroatoms. The van der Waals surface area contributed by atoms with Crippen LogP contribution in [0.15, 0.2) is 36.5 Å². The molecule has 79 heavy (non-hydrogen) atoms. The number of amides is 6. The molecule has 0 aromatic heterocycles. The van der Waals surface area contributed by atoms with Crippen molar-refractivity contribution in [1.82, 2.24) is 25.8 Å². The van der Waals surface area contributed by atoms with E-state index in [4.69, 9.17) is 39.3 Å². The molecule has 1 saturated heterocycles. The monoisotopic (exact) mass is 1130 g/mol. The van der Waals surface area contributed by atoms with Gasteiger partial charge >= 0.3 is 5.97 Å². The van der Waals surface area contributed by atoms with E-state index in [9.17, 15) is 38.4 Å². The van der Waals surface area contributed by atoms with Crippen molar-refractivity contribution in [1.29, 1.82) is 0 Å². The van der Waals surface area contributed by atoms with Gasteiger partial charge < -0.3 is 65.0 Å². The van der Waals surface area contributed by atoms with Gasteiger partial charge in [0.05, 0.1) is 77.1 Å². The van der Waals surface area contributed by atoms with Crippen LogP contribution in [-0.4, -0.2) is 187 Å². The smallest absolute Gasteiger partial charge is 0.322 e. The lowest BCUT2D eigenvalue weighted by atomic mass is 9.91. The summed E-state index contributed by atoms with van der Waals surface area (Å²) < 4.78 is 32.1. The van der Waals surface area contributed by atoms with Gasteiger partial charge in [0.15, 0.2) is 0 Å². The van der Waals surface area contributed by atoms with Gasteiger partial charge in [-0.1, -0.05) is 105 Å². The Balaban J connectivity index is -0.000000320. The number of likely N-dealkylation sites (N-methyl/N-ethyl adjacent to an activating group) is 1. The number of ketones is 1. The highest BCUT2D eigenvalue weighted by molar-refractivity contribution is 5.89. The van der Waals surface area contributed by atoms with E-state index in [1.54, 1.807) is 20.3 Å². The number of ether oxygens (including phenoxy) is 6. The summed E-state index contributed by atoms with van der Waals surface area (Å²) in [5.41, 5.74) is 5.33. The molecule has 1 aliphatic heterocycles. The Hall–Kier alpha value is -5.06. The first-order chi connectivity index (χ1) is 37.3. The minimum absolute atomic E-state index is 0.0843. The van der Waals surface area contributed by atoms with Crippen LogP contribution in [0.25, 0.3) is 0 Å². The molecule has 0 radical (unpaired) electrons. The predicted molar refractivity (Wildman–Crippen MR) is 312 cm³/mol. The molecule has 0 saturated carbocycles. The lowest BCUT2D eigenvalue weighted by Crippen LogP contribution is -2.53. The van der Waals surface area contributed by atoms with E-state index in [1.165, 1.54) is 26.3 Å². The Bertz CT molecular complexity index is 1670. The van der Waals surface area contributed by atoms with Crippen molar-refractivity contribution in [2.75, 3.05) is 93.8 Å². The second-order valence-electron chi connectivity index (χ2n) is 19.5. The lowest BCUT2D eigenvalue weighted by molar-refractivity contribution is -0.138. The Morgan fingerprint density at radius 1 is 0.823 bits per heavy atom. The largest absolute Gasteiger partial charge is 0.480 e. The molecule has 6 amide bonds. The number of methoxy groups -OCH3 is 2. The van der Waals surface area contributed by atoms with Crippen LogP contribution in [0.2, 0.25) is 0 Å². The van der Waals surface area contributed by atoms with E-state index < -0.39 is 17.4 Å². The molecule has 0 aliphatic carbocycles. The number of carbonyl (C=O) groups is 8. The Kier molecular flexibility index (Phi) is 57.5. The van der Waals surface area contributed by atoms with Crippen LogP contribution in [0.1, 0.15) is 148 Å². The van der Waals surface area contributed by atoms with E-state index >= 15 is 0 Å². The molecule has 5 unspecified atom stereocenters. The average Bonchev–Trinajstić information content (AvgIpc) is 3.86. The number of hydrogen-bond donors (Lipinski definition) is 5. The third kappa shape index (κ3) is 48.6. The highest BCUT2D eigenvalue weighted by atomic mass is 16.5. The summed E-state index contributed by atoms with van der Waals surface area (Å²) in [6.07, 6.45) is 15.0. The number of aliphatic carboxylic acids is 1. The number of allylic oxidation sites excluding steroid dienone is 5. The number of nitrogens with zero attached hydrogens (tertiary/aromatic N) is 2. The van der Waals surface area contributed by atoms with Gasteiger partial charge in [-0.3, -0.25) is 38.4 Å². The van der Waals surface area contributed by atoms with Gasteiger partial charge in [-0.15, -0.1) is 0 Å². The highest BCUT2D eigenvalue weighted by Crippen LogP contribution is 2.25. The first-order valence-corrected chi connectivity index (χ1v) is 27.8. The molecule has 0 aromatic carbocycles. The number of rotatable bonds is 37. The van der Waals surface area contributed by atoms with E-state index in [2.05, 4.69) is 65.7 Å². The van der Waals surface area contributed by atoms with Crippen LogP contribution in [0.4, 0.5) is 0 Å². The number of primary amides is 1. The van der Waals surface area contributed by atoms with Crippen molar-refractivity contribution in [3.05, 3.63) is 36.5 Å². The van der Waals surface area contributed by atoms with Crippen molar-refractivity contribution < 1.29 is 71.9 Å². The van der Waals surface area contributed by atoms with Crippen LogP contribution >= 0.6 is 0 Å². The molecule has 1 rings (SSSR count). The molecule has 462 valence electrons. The topological polar surface area (TPSA) is 281 Å². The molecule has 0 bridgehead atoms. The number of likely N-dealkylation sites (tertiary alicyclic amines) is 1. The fourth-order valence-electron chi connectivity index (χ4n) is 7.26. The maximum atomic E-state index is 12.2. The number of carboxylic acids is 1. The fourth-order valence-corrected chi connectivity index (χ4v) is 7.26. The second kappa shape index (κ2) is 54.9. The number of Topliss-reactive ketones (excluding diaryl/α,β-unsaturated/α-hetero) is 1. The highest BCUT2D eigenvalue weighted by Gasteiger charge is 2.33. The van der Waals surface area contributed by atoms with Crippen molar-refractivity contribution in [2.45, 2.75) is 178 Å². The summed E-state index contributed by atoms with van der Waals surface area (Å²) in [6, 6.07) is 0.471. The number of carboxylic acid groups (broad SMARTS) is 1. The zero-order valence-corrected chi connectivity index (χ0v) is 51.8. The van der Waals surface area contributed by atoms with Gasteiger partial charge in [0.25, 0.3) is 0 Å². The van der Waals surface area contributed by atoms with E-state index in [0.29, 0.717) is 95.8 Å². The number of hydrogen-bond acceptors (Lipinski definition) is 14. The van der Waals surface area contributed by atoms with Crippen molar-refractivity contribution in [3.8, 4) is 0 Å². The third-order valence-electron chi connectivity index (χ3n) is 11.6. The molecule has 1 heterocycles. The van der Waals surface area contributed by atoms with E-state index in [-0.39, 0.29) is 67.7 Å². The molecular weight excluding hydrogens is 1020 g/mol. The standard InChI is InChI=1S/C20H37N3O8.C15H31NO2.C10H19NO2.C8H12.C3H5NO3.C2H6/c1-16(24)4-8-28-12-13-29-9-5-17(25)22-7-11-31-15-14-30-10-6-18(26)23-20(2,3)19(21)27;1-8-12(5)15(13(9-2)18-7)16(6)14(17)10-11(3)4;1-8(2)10(13-3)9-5-4-6-11(9)7-12;1-4-6-8(3)7-5-2;5-2-4-1-3(6)7;1-2/h4-15H2,1-3H3,(H2,21,27)(H,22,25)(H,23,26);11-13,15H,8-10H2,1-7H3;7-10H,4-6H2,1-3H3;4-7H,1H2,2-3H3;2H,1H2,(H,4,5)(H,6,7);1-2H3/b;;;7-5-,8-6-;;. The normalized spacial score (nSPS) is 14.3. The molecule has 5 atom stereocenters. The summed E-state index contributed by atoms with van der Waals surface area (Å²) in [5, 5.41) is 15.0. The second-order valence-corrected chi connectivity index (χ2v) is 19.5. The number of carbonyl (C=O) groups excluding carboxylic acids is 7. The first kappa shape index (κ1) is 82.8. The maximum Gasteiger partial charge on any atom is 0.322 e. The maximum absolute atomic E-state index is 12.2. The van der Waals surface area contributed by atoms with Crippen molar-refractivity contribution in [2.24, 2.45) is 23.5 Å². The summed E-state index contributed by atoms with van der Waals surface area (Å²) in [5.74, 6) is -0.466. The average molecular weight is 1130 g/mol. The van der Waals surface area contributed by atoms with Crippen LogP contribution < -0.4 is 21.7 Å². The van der Waals surface area contributed by atoms with Crippen LogP contribution in [-0.2, 0) is 66.8 Å². The molecule has 6 N–H and O–H groups in total. The van der Waals surface area contributed by atoms with Gasteiger partial charge in [0, 0.05) is 60.0 Å². The molecule has 21 nitrogen and oxygen atoms in total. The van der Waals surface area contributed by atoms with Gasteiger partial charge in [0.1, 0.15) is 17.9 Å². The van der Waals surface area contributed by atoms with Gasteiger partial charge in [-0.05, 0) is 71.6 Å². The summed E-state index contributed by atoms with van der Waals surface area (Å²) in [6.45, 7) is 34.7. The molecule has 1 aliphatic rings. The molecule has 1 fully saturated rings. The quantitative estimate of drug-likeness (QED) is 0.0254. The molecular formula is C58H110N6O15. The van der Waals surface area contributed by atoms with Crippen molar-refractivity contribution >= 4 is 48.2 Å². The zero-order chi connectivity index (χ0) is 61.8. The summed E-state index contributed by atoms with van der Waals surface area (Å²) >= 11 is 0. The zero-order valence-electron chi connectivity index (χ0n) is 51.8. The van der Waals surface area contributed by atoms with E-state index in [1.807, 2.05) is 68.1 Å². The SMILES string of the molecule is C=C/C=C(C)\C=C/C.CC.CC(=O)CCOCCOCCC(=O)NCCOCCOCCC(=O)NC(C)(C)C(N)=O.CCC(C)C(C(CC)OC)N(C)C(=O)CC(C)C.COC(C(C)C)C1CCCN1C=O.O=CNCC(=O)O. The van der Waals surface area contributed by atoms with Crippen LogP contribution in [0.3, 0.4) is 0 Å². The Morgan fingerprint density at radius 2 is 1.35 bits per heavy atom. The first-order valence-electron chi connectivity index (χ1n) is 27.8. The summed E-state index contributed by atoms with van der Waals surface area (Å²) in [7, 11) is 5.39. The third-order valence-corrected chi connectivity index (χ3v) is 11.6. The van der Waals surface area contributed by atoms with Crippen LogP contribution in [0, 0.1) is 17.8 Å². The fraction of sp³-hybridized carbons (Fsp3) is 0.759. The van der Waals surface area contributed by atoms with Crippen molar-refractivity contribution in [3.63, 3.8) is 0 Å². The lowest BCUT2D eigenvalue weighted by Gasteiger charge is -2.37. The van der Waals surface area contributed by atoms with Gasteiger partial charge in [0.2, 0.25) is 36.4 Å². The van der Waals surface area contributed by atoms with E-state index in [0.717, 1.165) is 38.6 Å². The number of nitrogens with one attached hydrogen (secondary N) is 3. The van der Waals surface area contributed by atoms with Gasteiger partial charge in [-0.25, -0.2) is 0 Å². The molecule has 0 aromatic rings. The molecule has 0 spiro atoms. The van der Waals surface area contributed by atoms with Crippen LogP contribution in [0.5, 0.6) is 0 Å².